The number of rotatable bonds is 4. The summed E-state index contributed by atoms with van der Waals surface area (Å²) >= 11 is 0. The maximum absolute atomic E-state index is 8.85. The molecule has 0 saturated heterocycles. The highest BCUT2D eigenvalue weighted by Crippen LogP contribution is 2.23. The molecule has 0 radical (unpaired) electrons. The van der Waals surface area contributed by atoms with E-state index in [2.05, 4.69) is 10.1 Å². The number of hydrogen-bond donors (Lipinski definition) is 1. The molecule has 0 aliphatic heterocycles. The van der Waals surface area contributed by atoms with Crippen LogP contribution in [0.3, 0.4) is 0 Å². The molecule has 1 atom stereocenters. The second-order valence-corrected chi connectivity index (χ2v) is 3.23. The van der Waals surface area contributed by atoms with Gasteiger partial charge in [-0.3, -0.25) is 0 Å². The average Bonchev–Trinajstić information content (AvgIpc) is 2.80. The van der Waals surface area contributed by atoms with Crippen molar-refractivity contribution in [3.8, 4) is 0 Å². The van der Waals surface area contributed by atoms with Gasteiger partial charge >= 0.3 is 0 Å². The van der Waals surface area contributed by atoms with Crippen molar-refractivity contribution in [1.29, 1.82) is 0 Å². The molecule has 0 amide bonds. The summed E-state index contributed by atoms with van der Waals surface area (Å²) in [7, 11) is 1.57. The molecule has 1 unspecified atom stereocenters. The van der Waals surface area contributed by atoms with Gasteiger partial charge in [-0.2, -0.15) is 4.98 Å². The number of hydrogen-bond acceptors (Lipinski definition) is 5. The minimum absolute atomic E-state index is 0.241. The SMILES string of the molecule is COC(c1ccccc1)c1nc(CO)no1. The second-order valence-electron chi connectivity index (χ2n) is 3.23. The van der Waals surface area contributed by atoms with E-state index in [9.17, 15) is 0 Å². The lowest BCUT2D eigenvalue weighted by atomic mass is 10.1. The van der Waals surface area contributed by atoms with Gasteiger partial charge in [0.2, 0.25) is 0 Å². The van der Waals surface area contributed by atoms with E-state index in [1.165, 1.54) is 0 Å². The molecule has 0 aliphatic carbocycles. The first kappa shape index (κ1) is 10.8. The van der Waals surface area contributed by atoms with Crippen molar-refractivity contribution in [3.05, 3.63) is 47.6 Å². The van der Waals surface area contributed by atoms with Crippen LogP contribution in [0.1, 0.15) is 23.4 Å². The van der Waals surface area contributed by atoms with Gasteiger partial charge in [-0.15, -0.1) is 0 Å². The summed E-state index contributed by atoms with van der Waals surface area (Å²) in [6, 6.07) is 9.56. The fraction of sp³-hybridized carbons (Fsp3) is 0.273. The summed E-state index contributed by atoms with van der Waals surface area (Å²) in [5, 5.41) is 12.5. The molecule has 84 valence electrons. The Hall–Kier alpha value is -1.72. The number of benzene rings is 1. The smallest absolute Gasteiger partial charge is 0.260 e. The first-order valence-electron chi connectivity index (χ1n) is 4.86. The molecule has 0 bridgehead atoms. The molecule has 0 fully saturated rings. The molecule has 0 saturated carbocycles. The van der Waals surface area contributed by atoms with Crippen LogP contribution in [0.2, 0.25) is 0 Å². The Morgan fingerprint density at radius 3 is 2.69 bits per heavy atom. The monoisotopic (exact) mass is 220 g/mol. The highest BCUT2D eigenvalue weighted by molar-refractivity contribution is 5.21. The van der Waals surface area contributed by atoms with Crippen molar-refractivity contribution in [2.75, 3.05) is 7.11 Å². The van der Waals surface area contributed by atoms with E-state index in [0.717, 1.165) is 5.56 Å². The zero-order valence-corrected chi connectivity index (χ0v) is 8.83. The quantitative estimate of drug-likeness (QED) is 0.841. The lowest BCUT2D eigenvalue weighted by molar-refractivity contribution is 0.105. The molecule has 16 heavy (non-hydrogen) atoms. The predicted molar refractivity (Wildman–Crippen MR) is 55.5 cm³/mol. The van der Waals surface area contributed by atoms with Crippen LogP contribution in [0.15, 0.2) is 34.9 Å². The average molecular weight is 220 g/mol. The lowest BCUT2D eigenvalue weighted by Crippen LogP contribution is -2.03. The summed E-state index contributed by atoms with van der Waals surface area (Å²) < 4.78 is 10.3. The summed E-state index contributed by atoms with van der Waals surface area (Å²) in [4.78, 5) is 4.02. The van der Waals surface area contributed by atoms with E-state index >= 15 is 0 Å². The minimum atomic E-state index is -0.394. The Morgan fingerprint density at radius 1 is 1.38 bits per heavy atom. The van der Waals surface area contributed by atoms with E-state index in [1.807, 2.05) is 30.3 Å². The van der Waals surface area contributed by atoms with Gasteiger partial charge in [-0.05, 0) is 5.56 Å². The molecule has 1 N–H and O–H groups in total. The number of aliphatic hydroxyl groups is 1. The van der Waals surface area contributed by atoms with Gasteiger partial charge in [-0.1, -0.05) is 35.5 Å². The number of nitrogens with zero attached hydrogens (tertiary/aromatic N) is 2. The van der Waals surface area contributed by atoms with Gasteiger partial charge in [0, 0.05) is 7.11 Å². The van der Waals surface area contributed by atoms with Crippen LogP contribution in [0, 0.1) is 0 Å². The van der Waals surface area contributed by atoms with Crippen LogP contribution in [0.5, 0.6) is 0 Å². The molecule has 1 aromatic heterocycles. The van der Waals surface area contributed by atoms with Gasteiger partial charge in [-0.25, -0.2) is 0 Å². The van der Waals surface area contributed by atoms with E-state index in [-0.39, 0.29) is 12.4 Å². The van der Waals surface area contributed by atoms with Gasteiger partial charge in [0.1, 0.15) is 6.61 Å². The van der Waals surface area contributed by atoms with Crippen molar-refractivity contribution >= 4 is 0 Å². The topological polar surface area (TPSA) is 68.4 Å². The van der Waals surface area contributed by atoms with E-state index < -0.39 is 6.10 Å². The number of ether oxygens (including phenoxy) is 1. The second kappa shape index (κ2) is 4.87. The standard InChI is InChI=1S/C11H12N2O3/c1-15-10(8-5-3-2-4-6-8)11-12-9(7-14)13-16-11/h2-6,10,14H,7H2,1H3. The Labute approximate surface area is 92.7 Å². The predicted octanol–water partition coefficient (Wildman–Crippen LogP) is 1.30. The highest BCUT2D eigenvalue weighted by Gasteiger charge is 2.19. The third-order valence-electron chi connectivity index (χ3n) is 2.19. The fourth-order valence-electron chi connectivity index (χ4n) is 1.45. The maximum atomic E-state index is 8.85. The molecular formula is C11H12N2O3. The van der Waals surface area contributed by atoms with Crippen molar-refractivity contribution in [3.63, 3.8) is 0 Å². The van der Waals surface area contributed by atoms with Gasteiger partial charge < -0.3 is 14.4 Å². The van der Waals surface area contributed by atoms with Crippen LogP contribution in [-0.4, -0.2) is 22.4 Å². The first-order valence-corrected chi connectivity index (χ1v) is 4.86. The summed E-state index contributed by atoms with van der Waals surface area (Å²) in [6.45, 7) is -0.241. The van der Waals surface area contributed by atoms with Crippen LogP contribution in [-0.2, 0) is 11.3 Å². The highest BCUT2D eigenvalue weighted by atomic mass is 16.5. The Bertz CT molecular complexity index is 442. The van der Waals surface area contributed by atoms with Crippen molar-refractivity contribution in [2.45, 2.75) is 12.7 Å². The molecule has 5 nitrogen and oxygen atoms in total. The van der Waals surface area contributed by atoms with Crippen molar-refractivity contribution in [1.82, 2.24) is 10.1 Å². The summed E-state index contributed by atoms with van der Waals surface area (Å²) in [6.07, 6.45) is -0.394. The summed E-state index contributed by atoms with van der Waals surface area (Å²) in [5.74, 6) is 0.603. The Kier molecular flexibility index (Phi) is 3.28. The van der Waals surface area contributed by atoms with Crippen molar-refractivity contribution < 1.29 is 14.4 Å². The molecule has 1 heterocycles. The largest absolute Gasteiger partial charge is 0.388 e. The first-order chi connectivity index (χ1) is 7.85. The van der Waals surface area contributed by atoms with Gasteiger partial charge in [0.25, 0.3) is 5.89 Å². The van der Waals surface area contributed by atoms with E-state index in [4.69, 9.17) is 14.4 Å². The minimum Gasteiger partial charge on any atom is -0.388 e. The van der Waals surface area contributed by atoms with Gasteiger partial charge in [0.05, 0.1) is 0 Å². The fourth-order valence-corrected chi connectivity index (χ4v) is 1.45. The molecular weight excluding hydrogens is 208 g/mol. The van der Waals surface area contributed by atoms with E-state index in [1.54, 1.807) is 7.11 Å². The zero-order valence-electron chi connectivity index (χ0n) is 8.83. The van der Waals surface area contributed by atoms with Crippen LogP contribution >= 0.6 is 0 Å². The normalized spacial score (nSPS) is 12.6. The number of methoxy groups -OCH3 is 1. The Balaban J connectivity index is 2.29. The van der Waals surface area contributed by atoms with Crippen LogP contribution in [0.25, 0.3) is 0 Å². The molecule has 2 rings (SSSR count). The molecule has 5 heteroatoms. The summed E-state index contributed by atoms with van der Waals surface area (Å²) in [5.41, 5.74) is 0.929. The van der Waals surface area contributed by atoms with Crippen LogP contribution < -0.4 is 0 Å². The van der Waals surface area contributed by atoms with Crippen molar-refractivity contribution in [2.24, 2.45) is 0 Å². The molecule has 1 aromatic carbocycles. The molecule has 2 aromatic rings. The number of aliphatic hydroxyl groups excluding tert-OH is 1. The third kappa shape index (κ3) is 2.10. The van der Waals surface area contributed by atoms with E-state index in [0.29, 0.717) is 5.89 Å². The molecule has 0 aliphatic rings. The molecule has 0 spiro atoms. The zero-order chi connectivity index (χ0) is 11.4. The maximum Gasteiger partial charge on any atom is 0.260 e. The Morgan fingerprint density at radius 2 is 2.12 bits per heavy atom. The lowest BCUT2D eigenvalue weighted by Gasteiger charge is -2.10. The third-order valence-corrected chi connectivity index (χ3v) is 2.19. The number of aromatic nitrogens is 2. The van der Waals surface area contributed by atoms with Gasteiger partial charge in [0.15, 0.2) is 11.9 Å². The van der Waals surface area contributed by atoms with Crippen LogP contribution in [0.4, 0.5) is 0 Å².